The topological polar surface area (TPSA) is 38.5 Å². The highest BCUT2D eigenvalue weighted by atomic mass is 16.5. The van der Waals surface area contributed by atoms with Gasteiger partial charge in [0.1, 0.15) is 0 Å². The largest absolute Gasteiger partial charge is 0.375 e. The van der Waals surface area contributed by atoms with Crippen LogP contribution in [-0.4, -0.2) is 32.3 Å². The molecule has 1 fully saturated rings. The first-order chi connectivity index (χ1) is 8.20. The second kappa shape index (κ2) is 5.52. The summed E-state index contributed by atoms with van der Waals surface area (Å²) in [5, 5.41) is 0. The Bertz CT molecular complexity index is 378. The molecule has 0 aromatic heterocycles. The van der Waals surface area contributed by atoms with Crippen molar-refractivity contribution >= 4 is 5.69 Å². The highest BCUT2D eigenvalue weighted by Crippen LogP contribution is 2.23. The van der Waals surface area contributed by atoms with E-state index < -0.39 is 0 Å². The van der Waals surface area contributed by atoms with Crippen molar-refractivity contribution in [3.05, 3.63) is 29.3 Å². The molecule has 1 atom stereocenters. The standard InChI is InChI=1S/C14H22N2O/c1-11-3-4-13(9-12(11)2)16-7-5-14(10-16)17-8-6-15/h3-4,9,14H,5-8,10,15H2,1-2H3/t14-/m1/s1. The van der Waals surface area contributed by atoms with Gasteiger partial charge in [-0.3, -0.25) is 0 Å². The predicted molar refractivity (Wildman–Crippen MR) is 71.5 cm³/mol. The molecule has 1 aromatic carbocycles. The van der Waals surface area contributed by atoms with Gasteiger partial charge in [-0.25, -0.2) is 0 Å². The van der Waals surface area contributed by atoms with E-state index in [1.165, 1.54) is 16.8 Å². The second-order valence-electron chi connectivity index (χ2n) is 4.78. The minimum atomic E-state index is 0.347. The number of nitrogens with zero attached hydrogens (tertiary/aromatic N) is 1. The van der Waals surface area contributed by atoms with Gasteiger partial charge < -0.3 is 15.4 Å². The summed E-state index contributed by atoms with van der Waals surface area (Å²) in [7, 11) is 0. The molecule has 0 aliphatic carbocycles. The number of benzene rings is 1. The molecule has 1 saturated heterocycles. The van der Waals surface area contributed by atoms with Gasteiger partial charge in [-0.2, -0.15) is 0 Å². The van der Waals surface area contributed by atoms with Crippen LogP contribution in [0.2, 0.25) is 0 Å². The first kappa shape index (κ1) is 12.4. The van der Waals surface area contributed by atoms with E-state index in [-0.39, 0.29) is 0 Å². The zero-order valence-electron chi connectivity index (χ0n) is 10.8. The lowest BCUT2D eigenvalue weighted by atomic mass is 10.1. The molecule has 0 radical (unpaired) electrons. The summed E-state index contributed by atoms with van der Waals surface area (Å²) < 4.78 is 5.69. The van der Waals surface area contributed by atoms with Crippen molar-refractivity contribution in [1.82, 2.24) is 0 Å². The molecule has 2 N–H and O–H groups in total. The van der Waals surface area contributed by atoms with Gasteiger partial charge in [-0.05, 0) is 43.5 Å². The summed E-state index contributed by atoms with van der Waals surface area (Å²) in [6.07, 6.45) is 1.45. The van der Waals surface area contributed by atoms with Crippen LogP contribution in [0.5, 0.6) is 0 Å². The monoisotopic (exact) mass is 234 g/mol. The molecule has 1 aliphatic rings. The Hall–Kier alpha value is -1.06. The van der Waals surface area contributed by atoms with Crippen LogP contribution in [-0.2, 0) is 4.74 Å². The number of rotatable bonds is 4. The molecule has 0 amide bonds. The van der Waals surface area contributed by atoms with Crippen LogP contribution >= 0.6 is 0 Å². The number of aryl methyl sites for hydroxylation is 2. The maximum Gasteiger partial charge on any atom is 0.0767 e. The Balaban J connectivity index is 1.97. The average molecular weight is 234 g/mol. The Labute approximate surface area is 104 Å². The van der Waals surface area contributed by atoms with Crippen molar-refractivity contribution < 1.29 is 4.74 Å². The third-order valence-corrected chi connectivity index (χ3v) is 3.47. The molecule has 0 bridgehead atoms. The van der Waals surface area contributed by atoms with Crippen molar-refractivity contribution in [2.24, 2.45) is 5.73 Å². The van der Waals surface area contributed by atoms with Crippen LogP contribution in [0.4, 0.5) is 5.69 Å². The SMILES string of the molecule is Cc1ccc(N2CC[C@@H](OCCN)C2)cc1C. The second-order valence-corrected chi connectivity index (χ2v) is 4.78. The molecule has 17 heavy (non-hydrogen) atoms. The van der Waals surface area contributed by atoms with E-state index in [4.69, 9.17) is 10.5 Å². The summed E-state index contributed by atoms with van der Waals surface area (Å²) in [5.41, 5.74) is 9.47. The van der Waals surface area contributed by atoms with E-state index in [0.29, 0.717) is 19.3 Å². The van der Waals surface area contributed by atoms with E-state index in [1.54, 1.807) is 0 Å². The summed E-state index contributed by atoms with van der Waals surface area (Å²) in [5.74, 6) is 0. The zero-order chi connectivity index (χ0) is 12.3. The van der Waals surface area contributed by atoms with E-state index in [1.807, 2.05) is 0 Å². The molecule has 0 saturated carbocycles. The minimum Gasteiger partial charge on any atom is -0.375 e. The molecule has 94 valence electrons. The summed E-state index contributed by atoms with van der Waals surface area (Å²) >= 11 is 0. The van der Waals surface area contributed by atoms with Gasteiger partial charge in [0, 0.05) is 25.3 Å². The Morgan fingerprint density at radius 3 is 2.88 bits per heavy atom. The van der Waals surface area contributed by atoms with Gasteiger partial charge >= 0.3 is 0 Å². The highest BCUT2D eigenvalue weighted by Gasteiger charge is 2.23. The molecule has 1 aliphatic heterocycles. The van der Waals surface area contributed by atoms with Crippen LogP contribution in [0.15, 0.2) is 18.2 Å². The van der Waals surface area contributed by atoms with Crippen LogP contribution in [0.1, 0.15) is 17.5 Å². The fraction of sp³-hybridized carbons (Fsp3) is 0.571. The van der Waals surface area contributed by atoms with Gasteiger partial charge in [0.15, 0.2) is 0 Å². The number of hydrogen-bond donors (Lipinski definition) is 1. The quantitative estimate of drug-likeness (QED) is 0.864. The fourth-order valence-electron chi connectivity index (χ4n) is 2.26. The van der Waals surface area contributed by atoms with Crippen molar-refractivity contribution in [3.63, 3.8) is 0 Å². The maximum atomic E-state index is 5.69. The predicted octanol–water partition coefficient (Wildman–Crippen LogP) is 1.86. The van der Waals surface area contributed by atoms with Gasteiger partial charge in [0.05, 0.1) is 12.7 Å². The lowest BCUT2D eigenvalue weighted by molar-refractivity contribution is 0.0742. The van der Waals surface area contributed by atoms with Crippen LogP contribution < -0.4 is 10.6 Å². The van der Waals surface area contributed by atoms with Crippen molar-refractivity contribution in [1.29, 1.82) is 0 Å². The van der Waals surface area contributed by atoms with Gasteiger partial charge in [0.2, 0.25) is 0 Å². The lowest BCUT2D eigenvalue weighted by Crippen LogP contribution is -2.24. The van der Waals surface area contributed by atoms with Crippen molar-refractivity contribution in [2.75, 3.05) is 31.1 Å². The van der Waals surface area contributed by atoms with E-state index in [9.17, 15) is 0 Å². The van der Waals surface area contributed by atoms with E-state index in [0.717, 1.165) is 19.5 Å². The summed E-state index contributed by atoms with van der Waals surface area (Å²) in [6.45, 7) is 7.67. The first-order valence-electron chi connectivity index (χ1n) is 6.34. The minimum absolute atomic E-state index is 0.347. The molecule has 1 heterocycles. The molecule has 0 spiro atoms. The first-order valence-corrected chi connectivity index (χ1v) is 6.34. The van der Waals surface area contributed by atoms with Crippen LogP contribution in [0.25, 0.3) is 0 Å². The molecule has 2 rings (SSSR count). The molecular formula is C14H22N2O. The third-order valence-electron chi connectivity index (χ3n) is 3.47. The lowest BCUT2D eigenvalue weighted by Gasteiger charge is -2.19. The molecule has 3 nitrogen and oxygen atoms in total. The van der Waals surface area contributed by atoms with Gasteiger partial charge in [-0.1, -0.05) is 6.07 Å². The zero-order valence-corrected chi connectivity index (χ0v) is 10.8. The summed E-state index contributed by atoms with van der Waals surface area (Å²) in [4.78, 5) is 2.40. The molecular weight excluding hydrogens is 212 g/mol. The van der Waals surface area contributed by atoms with E-state index >= 15 is 0 Å². The number of hydrogen-bond acceptors (Lipinski definition) is 3. The Morgan fingerprint density at radius 1 is 1.35 bits per heavy atom. The fourth-order valence-corrected chi connectivity index (χ4v) is 2.26. The normalized spacial score (nSPS) is 19.9. The van der Waals surface area contributed by atoms with Gasteiger partial charge in [0.25, 0.3) is 0 Å². The molecule has 1 aromatic rings. The van der Waals surface area contributed by atoms with Gasteiger partial charge in [-0.15, -0.1) is 0 Å². The smallest absolute Gasteiger partial charge is 0.0767 e. The Morgan fingerprint density at radius 2 is 2.18 bits per heavy atom. The number of ether oxygens (including phenoxy) is 1. The molecule has 0 unspecified atom stereocenters. The third kappa shape index (κ3) is 2.99. The van der Waals surface area contributed by atoms with Crippen molar-refractivity contribution in [2.45, 2.75) is 26.4 Å². The summed E-state index contributed by atoms with van der Waals surface area (Å²) in [6, 6.07) is 6.66. The van der Waals surface area contributed by atoms with Crippen molar-refractivity contribution in [3.8, 4) is 0 Å². The van der Waals surface area contributed by atoms with E-state index in [2.05, 4.69) is 36.9 Å². The maximum absolute atomic E-state index is 5.69. The number of nitrogens with two attached hydrogens (primary N) is 1. The Kier molecular flexibility index (Phi) is 4.02. The highest BCUT2D eigenvalue weighted by molar-refractivity contribution is 5.51. The van der Waals surface area contributed by atoms with Crippen LogP contribution in [0, 0.1) is 13.8 Å². The number of anilines is 1. The molecule has 3 heteroatoms. The van der Waals surface area contributed by atoms with Crippen LogP contribution in [0.3, 0.4) is 0 Å². The average Bonchev–Trinajstić information content (AvgIpc) is 2.79.